The second kappa shape index (κ2) is 13.1. The lowest BCUT2D eigenvalue weighted by Gasteiger charge is -2.19. The number of aryl methyl sites for hydroxylation is 6. The van der Waals surface area contributed by atoms with Crippen molar-refractivity contribution in [1.29, 1.82) is 0 Å². The fraction of sp³-hybridized carbons (Fsp3) is 0.136. The Morgan fingerprint density at radius 2 is 0.717 bits per heavy atom. The Morgan fingerprint density at radius 1 is 0.391 bits per heavy atom. The van der Waals surface area contributed by atoms with Crippen LogP contribution in [0, 0.1) is 53.4 Å². The van der Waals surface area contributed by atoms with Crippen LogP contribution in [0.25, 0.3) is 44.5 Å². The second-order valence-electron chi connectivity index (χ2n) is 12.2. The van der Waals surface area contributed by atoms with Crippen LogP contribution in [0.4, 0.5) is 0 Å². The van der Waals surface area contributed by atoms with E-state index in [1.54, 1.807) is 0 Å². The van der Waals surface area contributed by atoms with Crippen LogP contribution in [0.5, 0.6) is 0 Å². The molecule has 0 N–H and O–H groups in total. The van der Waals surface area contributed by atoms with Gasteiger partial charge >= 0.3 is 0 Å². The van der Waals surface area contributed by atoms with Crippen molar-refractivity contribution in [3.8, 4) is 56.3 Å². The molecule has 0 saturated heterocycles. The number of hydrogen-bond donors (Lipinski definition) is 0. The summed E-state index contributed by atoms with van der Waals surface area (Å²) in [5, 5.41) is 1.34. The summed E-state index contributed by atoms with van der Waals surface area (Å²) in [6.45, 7) is 13.0. The van der Waals surface area contributed by atoms with E-state index in [0.29, 0.717) is 10.0 Å². The predicted molar refractivity (Wildman–Crippen MR) is 199 cm³/mol. The van der Waals surface area contributed by atoms with Crippen LogP contribution < -0.4 is 0 Å². The highest BCUT2D eigenvalue weighted by atomic mass is 35.5. The first-order chi connectivity index (χ1) is 22.1. The quantitative estimate of drug-likeness (QED) is 0.169. The summed E-state index contributed by atoms with van der Waals surface area (Å²) in [5.74, 6) is 7.42. The number of rotatable bonds is 4. The summed E-state index contributed by atoms with van der Waals surface area (Å²) in [5.41, 5.74) is 17.5. The predicted octanol–water partition coefficient (Wildman–Crippen LogP) is 12.9. The molecule has 0 nitrogen and oxygen atoms in total. The molecule has 0 fully saturated rings. The summed E-state index contributed by atoms with van der Waals surface area (Å²) in [4.78, 5) is 0. The highest BCUT2D eigenvalue weighted by Crippen LogP contribution is 2.42. The first-order valence-electron chi connectivity index (χ1n) is 15.6. The van der Waals surface area contributed by atoms with Gasteiger partial charge in [-0.3, -0.25) is 0 Å². The number of halogens is 2. The molecule has 6 aromatic rings. The van der Waals surface area contributed by atoms with E-state index in [1.807, 2.05) is 48.5 Å². The first-order valence-corrected chi connectivity index (χ1v) is 16.3. The molecule has 6 aromatic carbocycles. The molecule has 0 spiro atoms. The minimum absolute atomic E-state index is 0.668. The molecule has 46 heavy (non-hydrogen) atoms. The zero-order valence-corrected chi connectivity index (χ0v) is 28.7. The molecular weight excluding hydrogens is 599 g/mol. The Balaban J connectivity index is 1.73. The topological polar surface area (TPSA) is 0 Å². The molecule has 0 saturated carbocycles. The maximum atomic E-state index is 7.06. The molecule has 0 heterocycles. The Kier molecular flexibility index (Phi) is 8.93. The SMILES string of the molecule is Cc1cc(C)c(-c2ccc(Cl)c(-c3ccccc3)c2C#Cc2c(-c3c(C)cc(C)cc3C)ccc(Cl)c2-c2ccccc2)c(C)c1. The monoisotopic (exact) mass is 634 g/mol. The molecule has 0 radical (unpaired) electrons. The van der Waals surface area contributed by atoms with Crippen molar-refractivity contribution >= 4 is 23.2 Å². The Hall–Kier alpha value is -4.54. The summed E-state index contributed by atoms with van der Waals surface area (Å²) in [7, 11) is 0. The van der Waals surface area contributed by atoms with Crippen molar-refractivity contribution in [3.63, 3.8) is 0 Å². The van der Waals surface area contributed by atoms with Crippen molar-refractivity contribution in [3.05, 3.63) is 164 Å². The number of benzene rings is 6. The van der Waals surface area contributed by atoms with Gasteiger partial charge in [0, 0.05) is 32.3 Å². The van der Waals surface area contributed by atoms with Gasteiger partial charge in [-0.2, -0.15) is 0 Å². The van der Waals surface area contributed by atoms with Gasteiger partial charge in [0.15, 0.2) is 0 Å². The molecule has 0 aliphatic rings. The Bertz CT molecular complexity index is 1960. The molecule has 0 aliphatic carbocycles. The van der Waals surface area contributed by atoms with E-state index in [9.17, 15) is 0 Å². The van der Waals surface area contributed by atoms with Gasteiger partial charge in [-0.15, -0.1) is 0 Å². The van der Waals surface area contributed by atoms with Crippen molar-refractivity contribution in [2.45, 2.75) is 41.5 Å². The van der Waals surface area contributed by atoms with Crippen LogP contribution in [0.3, 0.4) is 0 Å². The highest BCUT2D eigenvalue weighted by Gasteiger charge is 2.20. The van der Waals surface area contributed by atoms with Gasteiger partial charge in [-0.1, -0.05) is 143 Å². The fourth-order valence-electron chi connectivity index (χ4n) is 6.94. The number of hydrogen-bond acceptors (Lipinski definition) is 0. The van der Waals surface area contributed by atoms with Gasteiger partial charge in [-0.25, -0.2) is 0 Å². The maximum Gasteiger partial charge on any atom is 0.0497 e. The lowest BCUT2D eigenvalue weighted by atomic mass is 9.85. The minimum atomic E-state index is 0.668. The zero-order chi connectivity index (χ0) is 32.5. The first kappa shape index (κ1) is 31.4. The van der Waals surface area contributed by atoms with E-state index in [1.165, 1.54) is 44.5 Å². The van der Waals surface area contributed by atoms with E-state index < -0.39 is 0 Å². The van der Waals surface area contributed by atoms with Gasteiger partial charge in [0.1, 0.15) is 0 Å². The molecule has 0 aliphatic heterocycles. The maximum absolute atomic E-state index is 7.06. The third-order valence-corrected chi connectivity index (χ3v) is 9.27. The average Bonchev–Trinajstić information content (AvgIpc) is 3.01. The van der Waals surface area contributed by atoms with Crippen molar-refractivity contribution in [2.75, 3.05) is 0 Å². The lowest BCUT2D eigenvalue weighted by molar-refractivity contribution is 1.32. The van der Waals surface area contributed by atoms with Gasteiger partial charge < -0.3 is 0 Å². The van der Waals surface area contributed by atoms with E-state index >= 15 is 0 Å². The molecule has 0 atom stereocenters. The smallest absolute Gasteiger partial charge is 0.0497 e. The highest BCUT2D eigenvalue weighted by molar-refractivity contribution is 6.34. The van der Waals surface area contributed by atoms with Crippen molar-refractivity contribution < 1.29 is 0 Å². The molecule has 0 aromatic heterocycles. The Labute approximate surface area is 283 Å². The van der Waals surface area contributed by atoms with Gasteiger partial charge in [0.2, 0.25) is 0 Å². The largest absolute Gasteiger partial charge is 0.0836 e. The van der Waals surface area contributed by atoms with Crippen LogP contribution >= 0.6 is 23.2 Å². The van der Waals surface area contributed by atoms with E-state index in [0.717, 1.165) is 44.5 Å². The van der Waals surface area contributed by atoms with Crippen LogP contribution in [0.2, 0.25) is 10.0 Å². The molecular formula is C44H36Cl2. The fourth-order valence-corrected chi connectivity index (χ4v) is 7.47. The molecule has 0 unspecified atom stereocenters. The summed E-state index contributed by atoms with van der Waals surface area (Å²) >= 11 is 14.1. The normalized spacial score (nSPS) is 10.9. The third-order valence-electron chi connectivity index (χ3n) is 8.64. The third kappa shape index (κ3) is 6.02. The average molecular weight is 636 g/mol. The standard InChI is InChI=1S/C44H36Cl2/c1-27-23-29(3)41(30(4)24-27)35-19-21-39(45)43(33-13-9-7-10-14-33)37(35)17-18-38-36(42-31(5)25-28(2)26-32(42)6)20-22-40(46)44(38)34-15-11-8-12-16-34/h7-16,19-26H,1-6H3. The summed E-state index contributed by atoms with van der Waals surface area (Å²) < 4.78 is 0. The van der Waals surface area contributed by atoms with Crippen LogP contribution in [0.15, 0.2) is 109 Å². The summed E-state index contributed by atoms with van der Waals surface area (Å²) in [6, 6.07) is 37.8. The van der Waals surface area contributed by atoms with Crippen molar-refractivity contribution in [2.24, 2.45) is 0 Å². The minimum Gasteiger partial charge on any atom is -0.0836 e. The molecule has 2 heteroatoms. The van der Waals surface area contributed by atoms with E-state index in [-0.39, 0.29) is 0 Å². The van der Waals surface area contributed by atoms with Crippen LogP contribution in [-0.2, 0) is 0 Å². The van der Waals surface area contributed by atoms with Crippen molar-refractivity contribution in [1.82, 2.24) is 0 Å². The molecule has 0 amide bonds. The zero-order valence-electron chi connectivity index (χ0n) is 27.1. The molecule has 6 rings (SSSR count). The second-order valence-corrected chi connectivity index (χ2v) is 13.0. The van der Waals surface area contributed by atoms with E-state index in [4.69, 9.17) is 23.2 Å². The van der Waals surface area contributed by atoms with E-state index in [2.05, 4.69) is 114 Å². The van der Waals surface area contributed by atoms with Crippen LogP contribution in [0.1, 0.15) is 44.5 Å². The van der Waals surface area contributed by atoms with Crippen LogP contribution in [-0.4, -0.2) is 0 Å². The van der Waals surface area contributed by atoms with Gasteiger partial charge in [0.25, 0.3) is 0 Å². The lowest BCUT2D eigenvalue weighted by Crippen LogP contribution is -1.98. The molecule has 0 bridgehead atoms. The molecule has 226 valence electrons. The summed E-state index contributed by atoms with van der Waals surface area (Å²) in [6.07, 6.45) is 0. The Morgan fingerprint density at radius 3 is 1.04 bits per heavy atom. The van der Waals surface area contributed by atoms with Gasteiger partial charge in [-0.05, 0) is 109 Å². The van der Waals surface area contributed by atoms with Gasteiger partial charge in [0.05, 0.1) is 0 Å².